The van der Waals surface area contributed by atoms with E-state index in [1.54, 1.807) is 18.2 Å². The van der Waals surface area contributed by atoms with Gasteiger partial charge in [0.15, 0.2) is 0 Å². The first-order valence-corrected chi connectivity index (χ1v) is 6.83. The Morgan fingerprint density at radius 1 is 1.29 bits per heavy atom. The molecule has 1 aromatic carbocycles. The number of amides is 1. The van der Waals surface area contributed by atoms with E-state index in [1.165, 1.54) is 0 Å². The van der Waals surface area contributed by atoms with E-state index in [0.717, 1.165) is 22.6 Å². The second-order valence-electron chi connectivity index (χ2n) is 5.06. The van der Waals surface area contributed by atoms with Crippen LogP contribution in [0.15, 0.2) is 47.1 Å². The predicted molar refractivity (Wildman–Crippen MR) is 79.7 cm³/mol. The molecule has 0 N–H and O–H groups in total. The number of benzene rings is 1. The number of nitrogens with zero attached hydrogens (tertiary/aromatic N) is 3. The smallest absolute Gasteiger partial charge is 0.242 e. The second-order valence-corrected chi connectivity index (χ2v) is 5.06. The Kier molecular flexibility index (Phi) is 3.48. The van der Waals surface area contributed by atoms with Crippen molar-refractivity contribution < 1.29 is 9.21 Å². The van der Waals surface area contributed by atoms with Crippen molar-refractivity contribution in [3.63, 3.8) is 0 Å². The van der Waals surface area contributed by atoms with Gasteiger partial charge in [-0.05, 0) is 31.2 Å². The summed E-state index contributed by atoms with van der Waals surface area (Å²) in [5, 5.41) is 0. The molecule has 0 saturated heterocycles. The van der Waals surface area contributed by atoms with Gasteiger partial charge in [-0.2, -0.15) is 0 Å². The molecule has 21 heavy (non-hydrogen) atoms. The number of fused-ring (bicyclic) bond motifs is 1. The monoisotopic (exact) mass is 283 g/mol. The first kappa shape index (κ1) is 13.4. The van der Waals surface area contributed by atoms with Crippen molar-refractivity contribution in [2.24, 2.45) is 0 Å². The number of likely N-dealkylation sites (N-methyl/N-ethyl adjacent to an activating group) is 1. The third-order valence-electron chi connectivity index (χ3n) is 3.54. The molecule has 0 unspecified atom stereocenters. The van der Waals surface area contributed by atoms with E-state index in [2.05, 4.69) is 4.98 Å². The molecule has 108 valence electrons. The maximum Gasteiger partial charge on any atom is 0.242 e. The van der Waals surface area contributed by atoms with Gasteiger partial charge in [0.05, 0.1) is 23.8 Å². The first-order valence-electron chi connectivity index (χ1n) is 6.83. The molecule has 0 atom stereocenters. The standard InChI is InChI=1S/C16H17N3O2/c1-12-17-14-7-3-4-8-15(14)19(12)11-16(20)18(2)10-13-6-5-9-21-13/h3-9H,10-11H2,1-2H3. The molecule has 0 spiro atoms. The SMILES string of the molecule is Cc1nc2ccccc2n1CC(=O)N(C)Cc1ccco1. The van der Waals surface area contributed by atoms with E-state index in [-0.39, 0.29) is 12.5 Å². The summed E-state index contributed by atoms with van der Waals surface area (Å²) in [5.41, 5.74) is 1.89. The number of carbonyl (C=O) groups is 1. The van der Waals surface area contributed by atoms with Gasteiger partial charge in [0.1, 0.15) is 18.1 Å². The third-order valence-corrected chi connectivity index (χ3v) is 3.54. The van der Waals surface area contributed by atoms with Crippen LogP contribution >= 0.6 is 0 Å². The molecule has 0 aliphatic carbocycles. The zero-order chi connectivity index (χ0) is 14.8. The Balaban J connectivity index is 1.78. The van der Waals surface area contributed by atoms with Gasteiger partial charge in [0.2, 0.25) is 5.91 Å². The highest BCUT2D eigenvalue weighted by Crippen LogP contribution is 2.15. The van der Waals surface area contributed by atoms with Gasteiger partial charge in [0, 0.05) is 7.05 Å². The number of para-hydroxylation sites is 2. The normalized spacial score (nSPS) is 11.0. The van der Waals surface area contributed by atoms with Crippen LogP contribution in [0.4, 0.5) is 0 Å². The molecule has 2 aromatic heterocycles. The van der Waals surface area contributed by atoms with Crippen LogP contribution in [-0.2, 0) is 17.9 Å². The number of furan rings is 1. The molecular formula is C16H17N3O2. The summed E-state index contributed by atoms with van der Waals surface area (Å²) in [4.78, 5) is 18.5. The average Bonchev–Trinajstić information content (AvgIpc) is 3.07. The molecular weight excluding hydrogens is 266 g/mol. The van der Waals surface area contributed by atoms with Crippen molar-refractivity contribution in [2.45, 2.75) is 20.0 Å². The Morgan fingerprint density at radius 2 is 2.10 bits per heavy atom. The summed E-state index contributed by atoms with van der Waals surface area (Å²) < 4.78 is 7.21. The van der Waals surface area contributed by atoms with E-state index >= 15 is 0 Å². The second kappa shape index (κ2) is 5.44. The summed E-state index contributed by atoms with van der Waals surface area (Å²) in [5.74, 6) is 1.65. The molecule has 1 amide bonds. The highest BCUT2D eigenvalue weighted by atomic mass is 16.3. The molecule has 5 nitrogen and oxygen atoms in total. The minimum Gasteiger partial charge on any atom is -0.467 e. The highest BCUT2D eigenvalue weighted by molar-refractivity contribution is 5.81. The van der Waals surface area contributed by atoms with Crippen LogP contribution in [0.3, 0.4) is 0 Å². The lowest BCUT2D eigenvalue weighted by Crippen LogP contribution is -2.29. The zero-order valence-electron chi connectivity index (χ0n) is 12.1. The zero-order valence-corrected chi connectivity index (χ0v) is 12.1. The average molecular weight is 283 g/mol. The minimum absolute atomic E-state index is 0.0256. The maximum atomic E-state index is 12.4. The van der Waals surface area contributed by atoms with E-state index in [4.69, 9.17) is 4.42 Å². The van der Waals surface area contributed by atoms with E-state index in [9.17, 15) is 4.79 Å². The van der Waals surface area contributed by atoms with Crippen LogP contribution in [-0.4, -0.2) is 27.4 Å². The number of aromatic nitrogens is 2. The number of hydrogen-bond acceptors (Lipinski definition) is 3. The molecule has 0 aliphatic rings. The van der Waals surface area contributed by atoms with Gasteiger partial charge in [0.25, 0.3) is 0 Å². The van der Waals surface area contributed by atoms with Crippen LogP contribution in [0.2, 0.25) is 0 Å². The Labute approximate surface area is 122 Å². The number of rotatable bonds is 4. The molecule has 3 aromatic rings. The van der Waals surface area contributed by atoms with Crippen LogP contribution in [0.25, 0.3) is 11.0 Å². The highest BCUT2D eigenvalue weighted by Gasteiger charge is 2.14. The molecule has 0 radical (unpaired) electrons. The Bertz CT molecular complexity index is 759. The third kappa shape index (κ3) is 2.67. The van der Waals surface area contributed by atoms with Crippen molar-refractivity contribution in [3.05, 3.63) is 54.2 Å². The largest absolute Gasteiger partial charge is 0.467 e. The van der Waals surface area contributed by atoms with Crippen LogP contribution < -0.4 is 0 Å². The fourth-order valence-corrected chi connectivity index (χ4v) is 2.38. The molecule has 3 rings (SSSR count). The molecule has 2 heterocycles. The lowest BCUT2D eigenvalue weighted by Gasteiger charge is -2.17. The van der Waals surface area contributed by atoms with E-state index < -0.39 is 0 Å². The molecule has 5 heteroatoms. The van der Waals surface area contributed by atoms with Crippen molar-refractivity contribution in [1.29, 1.82) is 0 Å². The van der Waals surface area contributed by atoms with Crippen molar-refractivity contribution >= 4 is 16.9 Å². The van der Waals surface area contributed by atoms with Crippen molar-refractivity contribution in [3.8, 4) is 0 Å². The summed E-state index contributed by atoms with van der Waals surface area (Å²) >= 11 is 0. The first-order chi connectivity index (χ1) is 10.1. The summed E-state index contributed by atoms with van der Waals surface area (Å²) in [7, 11) is 1.78. The van der Waals surface area contributed by atoms with Gasteiger partial charge in [-0.25, -0.2) is 4.98 Å². The quantitative estimate of drug-likeness (QED) is 0.739. The summed E-state index contributed by atoms with van der Waals surface area (Å²) in [6.07, 6.45) is 1.61. The van der Waals surface area contributed by atoms with Gasteiger partial charge < -0.3 is 13.9 Å². The Hall–Kier alpha value is -2.56. The predicted octanol–water partition coefficient (Wildman–Crippen LogP) is 2.60. The number of imidazole rings is 1. The van der Waals surface area contributed by atoms with E-state index in [0.29, 0.717) is 6.54 Å². The van der Waals surface area contributed by atoms with Crippen molar-refractivity contribution in [2.75, 3.05) is 7.05 Å². The van der Waals surface area contributed by atoms with Crippen molar-refractivity contribution in [1.82, 2.24) is 14.5 Å². The summed E-state index contributed by atoms with van der Waals surface area (Å²) in [6, 6.07) is 11.5. The maximum absolute atomic E-state index is 12.4. The Morgan fingerprint density at radius 3 is 2.86 bits per heavy atom. The topological polar surface area (TPSA) is 51.3 Å². The number of aryl methyl sites for hydroxylation is 1. The fourth-order valence-electron chi connectivity index (χ4n) is 2.38. The van der Waals surface area contributed by atoms with Crippen LogP contribution in [0.5, 0.6) is 0 Å². The van der Waals surface area contributed by atoms with Gasteiger partial charge in [-0.15, -0.1) is 0 Å². The van der Waals surface area contributed by atoms with Gasteiger partial charge in [-0.3, -0.25) is 4.79 Å². The lowest BCUT2D eigenvalue weighted by atomic mass is 10.3. The molecule has 0 aliphatic heterocycles. The van der Waals surface area contributed by atoms with Gasteiger partial charge in [-0.1, -0.05) is 12.1 Å². The number of hydrogen-bond donors (Lipinski definition) is 0. The lowest BCUT2D eigenvalue weighted by molar-refractivity contribution is -0.131. The molecule has 0 fully saturated rings. The van der Waals surface area contributed by atoms with Crippen LogP contribution in [0, 0.1) is 6.92 Å². The minimum atomic E-state index is 0.0256. The summed E-state index contributed by atoms with van der Waals surface area (Å²) in [6.45, 7) is 2.67. The molecule has 0 saturated carbocycles. The van der Waals surface area contributed by atoms with Crippen LogP contribution in [0.1, 0.15) is 11.6 Å². The van der Waals surface area contributed by atoms with E-state index in [1.807, 2.05) is 47.9 Å². The fraction of sp³-hybridized carbons (Fsp3) is 0.250. The molecule has 0 bridgehead atoms. The van der Waals surface area contributed by atoms with Gasteiger partial charge >= 0.3 is 0 Å². The number of carbonyl (C=O) groups excluding carboxylic acids is 1.